The molecular weight excluding hydrogens is 326 g/mol. The van der Waals surface area contributed by atoms with Gasteiger partial charge in [-0.1, -0.05) is 24.3 Å². The maximum absolute atomic E-state index is 12.6. The molecule has 2 aliphatic heterocycles. The van der Waals surface area contributed by atoms with Gasteiger partial charge in [-0.05, 0) is 24.3 Å². The molecule has 2 aromatic rings. The monoisotopic (exact) mass is 345 g/mol. The van der Waals surface area contributed by atoms with E-state index in [0.29, 0.717) is 0 Å². The van der Waals surface area contributed by atoms with Crippen LogP contribution in [0.15, 0.2) is 54.6 Å². The van der Waals surface area contributed by atoms with Gasteiger partial charge in [0.15, 0.2) is 0 Å². The van der Waals surface area contributed by atoms with Crippen molar-refractivity contribution < 1.29 is 9.53 Å². The number of carbonyl (C=O) groups excluding carboxylic acids is 1. The SMILES string of the molecule is Cl.O=C1N(c2cccc(Oc3ccccc3)c2)CC2CNCCN12. The maximum atomic E-state index is 12.6. The second kappa shape index (κ2) is 7.11. The summed E-state index contributed by atoms with van der Waals surface area (Å²) < 4.78 is 5.87. The van der Waals surface area contributed by atoms with Gasteiger partial charge in [0, 0.05) is 37.9 Å². The first kappa shape index (κ1) is 16.6. The van der Waals surface area contributed by atoms with Crippen LogP contribution < -0.4 is 15.0 Å². The molecule has 1 unspecified atom stereocenters. The smallest absolute Gasteiger partial charge is 0.324 e. The molecule has 0 aliphatic carbocycles. The molecule has 126 valence electrons. The van der Waals surface area contributed by atoms with Crippen molar-refractivity contribution in [2.45, 2.75) is 6.04 Å². The van der Waals surface area contributed by atoms with E-state index < -0.39 is 0 Å². The average Bonchev–Trinajstić information content (AvgIpc) is 2.93. The number of anilines is 1. The number of benzene rings is 2. The number of fused-ring (bicyclic) bond motifs is 1. The Kier molecular flexibility index (Phi) is 4.92. The molecule has 2 saturated heterocycles. The lowest BCUT2D eigenvalue weighted by molar-refractivity contribution is 0.193. The summed E-state index contributed by atoms with van der Waals surface area (Å²) in [5, 5.41) is 3.35. The van der Waals surface area contributed by atoms with Gasteiger partial charge in [0.25, 0.3) is 0 Å². The van der Waals surface area contributed by atoms with E-state index in [2.05, 4.69) is 5.32 Å². The van der Waals surface area contributed by atoms with E-state index in [9.17, 15) is 4.79 Å². The molecule has 5 nitrogen and oxygen atoms in total. The molecule has 2 aromatic carbocycles. The van der Waals surface area contributed by atoms with Crippen LogP contribution in [-0.4, -0.2) is 43.2 Å². The topological polar surface area (TPSA) is 44.8 Å². The molecule has 2 aliphatic rings. The molecule has 6 heteroatoms. The number of amides is 2. The van der Waals surface area contributed by atoms with Crippen LogP contribution in [0.5, 0.6) is 11.5 Å². The number of rotatable bonds is 3. The number of piperazine rings is 1. The normalized spacial score (nSPS) is 19.7. The summed E-state index contributed by atoms with van der Waals surface area (Å²) in [4.78, 5) is 16.4. The molecule has 1 N–H and O–H groups in total. The number of carbonyl (C=O) groups is 1. The predicted octanol–water partition coefficient (Wildman–Crippen LogP) is 3.11. The lowest BCUT2D eigenvalue weighted by Gasteiger charge is -2.28. The molecule has 0 radical (unpaired) electrons. The highest BCUT2D eigenvalue weighted by Gasteiger charge is 2.39. The third-order valence-corrected chi connectivity index (χ3v) is 4.33. The second-order valence-corrected chi connectivity index (χ2v) is 5.86. The minimum absolute atomic E-state index is 0. The van der Waals surface area contributed by atoms with Crippen molar-refractivity contribution in [2.75, 3.05) is 31.1 Å². The molecule has 2 fully saturated rings. The number of ether oxygens (including phenoxy) is 1. The van der Waals surface area contributed by atoms with Crippen LogP contribution in [0, 0.1) is 0 Å². The Morgan fingerprint density at radius 2 is 1.83 bits per heavy atom. The third kappa shape index (κ3) is 3.18. The number of halogens is 1. The quantitative estimate of drug-likeness (QED) is 0.929. The van der Waals surface area contributed by atoms with Gasteiger partial charge in [0.05, 0.1) is 6.04 Å². The number of hydrogen-bond donors (Lipinski definition) is 1. The average molecular weight is 346 g/mol. The summed E-state index contributed by atoms with van der Waals surface area (Å²) in [5.41, 5.74) is 0.887. The third-order valence-electron chi connectivity index (χ3n) is 4.33. The van der Waals surface area contributed by atoms with Gasteiger partial charge in [-0.2, -0.15) is 0 Å². The van der Waals surface area contributed by atoms with E-state index in [1.165, 1.54) is 0 Å². The van der Waals surface area contributed by atoms with Crippen LogP contribution in [0.3, 0.4) is 0 Å². The zero-order valence-corrected chi connectivity index (χ0v) is 14.0. The molecule has 0 bridgehead atoms. The summed E-state index contributed by atoms with van der Waals surface area (Å²) in [5.74, 6) is 1.53. The molecule has 0 spiro atoms. The van der Waals surface area contributed by atoms with Gasteiger partial charge in [-0.3, -0.25) is 4.90 Å². The molecular formula is C18H20ClN3O2. The van der Waals surface area contributed by atoms with E-state index >= 15 is 0 Å². The Labute approximate surface area is 147 Å². The minimum atomic E-state index is 0. The van der Waals surface area contributed by atoms with Gasteiger partial charge in [-0.15, -0.1) is 12.4 Å². The van der Waals surface area contributed by atoms with E-state index in [1.807, 2.05) is 64.4 Å². The number of hydrogen-bond acceptors (Lipinski definition) is 3. The summed E-state index contributed by atoms with van der Waals surface area (Å²) in [6.07, 6.45) is 0. The zero-order valence-electron chi connectivity index (χ0n) is 13.2. The largest absolute Gasteiger partial charge is 0.457 e. The van der Waals surface area contributed by atoms with Crippen LogP contribution in [0.25, 0.3) is 0 Å². The number of nitrogens with zero attached hydrogens (tertiary/aromatic N) is 2. The highest BCUT2D eigenvalue weighted by atomic mass is 35.5. The summed E-state index contributed by atoms with van der Waals surface area (Å²) in [6.45, 7) is 3.23. The number of para-hydroxylation sites is 1. The highest BCUT2D eigenvalue weighted by molar-refractivity contribution is 5.95. The first-order valence-corrected chi connectivity index (χ1v) is 7.93. The fraction of sp³-hybridized carbons (Fsp3) is 0.278. The van der Waals surface area contributed by atoms with Crippen molar-refractivity contribution in [1.29, 1.82) is 0 Å². The Hall–Kier alpha value is -2.24. The van der Waals surface area contributed by atoms with Gasteiger partial charge in [-0.25, -0.2) is 4.79 Å². The molecule has 0 saturated carbocycles. The first-order valence-electron chi connectivity index (χ1n) is 7.93. The molecule has 2 heterocycles. The van der Waals surface area contributed by atoms with Gasteiger partial charge >= 0.3 is 6.03 Å². The molecule has 24 heavy (non-hydrogen) atoms. The molecule has 0 aromatic heterocycles. The van der Waals surface area contributed by atoms with Crippen molar-refractivity contribution in [3.63, 3.8) is 0 Å². The Bertz CT molecular complexity index is 710. The van der Waals surface area contributed by atoms with E-state index in [4.69, 9.17) is 4.74 Å². The van der Waals surface area contributed by atoms with E-state index in [1.54, 1.807) is 0 Å². The predicted molar refractivity (Wildman–Crippen MR) is 96.3 cm³/mol. The molecule has 2 amide bonds. The number of urea groups is 1. The van der Waals surface area contributed by atoms with E-state index in [0.717, 1.165) is 43.4 Å². The summed E-state index contributed by atoms with van der Waals surface area (Å²) >= 11 is 0. The Balaban J connectivity index is 0.00000169. The highest BCUT2D eigenvalue weighted by Crippen LogP contribution is 2.29. The standard InChI is InChI=1S/C18H19N3O2.ClH/c22-18-20-10-9-19-12-15(20)13-21(18)14-5-4-8-17(11-14)23-16-6-2-1-3-7-16;/h1-8,11,15,19H,9-10,12-13H2;1H. The maximum Gasteiger partial charge on any atom is 0.324 e. The fourth-order valence-corrected chi connectivity index (χ4v) is 3.18. The Morgan fingerprint density at radius 1 is 1.04 bits per heavy atom. The first-order chi connectivity index (χ1) is 11.3. The lowest BCUT2D eigenvalue weighted by Crippen LogP contribution is -2.49. The summed E-state index contributed by atoms with van der Waals surface area (Å²) in [7, 11) is 0. The van der Waals surface area contributed by atoms with Crippen LogP contribution in [-0.2, 0) is 0 Å². The van der Waals surface area contributed by atoms with Crippen LogP contribution >= 0.6 is 12.4 Å². The van der Waals surface area contributed by atoms with Gasteiger partial charge in [0.2, 0.25) is 0 Å². The zero-order chi connectivity index (χ0) is 15.6. The Morgan fingerprint density at radius 3 is 2.62 bits per heavy atom. The number of nitrogens with one attached hydrogen (secondary N) is 1. The lowest BCUT2D eigenvalue weighted by atomic mass is 10.2. The molecule has 1 atom stereocenters. The van der Waals surface area contributed by atoms with Crippen molar-refractivity contribution in [1.82, 2.24) is 10.2 Å². The van der Waals surface area contributed by atoms with Gasteiger partial charge < -0.3 is 15.0 Å². The fourth-order valence-electron chi connectivity index (χ4n) is 3.18. The summed E-state index contributed by atoms with van der Waals surface area (Å²) in [6, 6.07) is 17.7. The molecule has 4 rings (SSSR count). The van der Waals surface area contributed by atoms with Crippen LogP contribution in [0.1, 0.15) is 0 Å². The van der Waals surface area contributed by atoms with Gasteiger partial charge in [0.1, 0.15) is 11.5 Å². The second-order valence-electron chi connectivity index (χ2n) is 5.86. The minimum Gasteiger partial charge on any atom is -0.457 e. The van der Waals surface area contributed by atoms with Crippen molar-refractivity contribution in [2.24, 2.45) is 0 Å². The van der Waals surface area contributed by atoms with Crippen molar-refractivity contribution in [3.8, 4) is 11.5 Å². The van der Waals surface area contributed by atoms with Crippen LogP contribution in [0.4, 0.5) is 10.5 Å². The van der Waals surface area contributed by atoms with Crippen molar-refractivity contribution >= 4 is 24.1 Å². The van der Waals surface area contributed by atoms with Crippen molar-refractivity contribution in [3.05, 3.63) is 54.6 Å². The van der Waals surface area contributed by atoms with E-state index in [-0.39, 0.29) is 24.5 Å². The van der Waals surface area contributed by atoms with Crippen LogP contribution in [0.2, 0.25) is 0 Å².